The van der Waals surface area contributed by atoms with Gasteiger partial charge in [-0.3, -0.25) is 0 Å². The summed E-state index contributed by atoms with van der Waals surface area (Å²) in [5.74, 6) is -0.471. The van der Waals surface area contributed by atoms with Gasteiger partial charge in [0, 0.05) is 10.0 Å². The summed E-state index contributed by atoms with van der Waals surface area (Å²) in [5.41, 5.74) is 0.0981. The number of carbonyl (C=O) groups is 1. The van der Waals surface area contributed by atoms with Crippen LogP contribution in [0.25, 0.3) is 0 Å². The highest BCUT2D eigenvalue weighted by Gasteiger charge is 2.16. The number of hydrogen-bond donors (Lipinski definition) is 2. The van der Waals surface area contributed by atoms with Gasteiger partial charge in [0.2, 0.25) is 0 Å². The third kappa shape index (κ3) is 5.20. The lowest BCUT2D eigenvalue weighted by molar-refractivity contribution is -0.132. The Balaban J connectivity index is 2.74. The summed E-state index contributed by atoms with van der Waals surface area (Å²) in [6.45, 7) is 3.25. The molecule has 0 aliphatic rings. The van der Waals surface area contributed by atoms with Crippen molar-refractivity contribution in [1.82, 2.24) is 0 Å². The molecule has 1 aromatic carbocycles. The molecular weight excluding hydrogens is 460 g/mol. The zero-order chi connectivity index (χ0) is 15.3. The van der Waals surface area contributed by atoms with E-state index in [4.69, 9.17) is 9.84 Å². The fraction of sp³-hybridized carbons (Fsp3) is 0.308. The highest BCUT2D eigenvalue weighted by atomic mass is 79.9. The van der Waals surface area contributed by atoms with Gasteiger partial charge in [-0.25, -0.2) is 4.79 Å². The number of rotatable bonds is 7. The van der Waals surface area contributed by atoms with Gasteiger partial charge in [-0.2, -0.15) is 0 Å². The molecule has 0 aromatic heterocycles. The van der Waals surface area contributed by atoms with E-state index in [0.29, 0.717) is 12.2 Å². The minimum absolute atomic E-state index is 0.0981. The van der Waals surface area contributed by atoms with Crippen LogP contribution >= 0.6 is 47.8 Å². The molecule has 110 valence electrons. The van der Waals surface area contributed by atoms with Gasteiger partial charge in [0.1, 0.15) is 11.9 Å². The zero-order valence-corrected chi connectivity index (χ0v) is 15.2. The van der Waals surface area contributed by atoms with Crippen LogP contribution in [-0.2, 0) is 4.79 Å². The molecule has 2 N–H and O–H groups in total. The Kier molecular flexibility index (Phi) is 7.22. The smallest absolute Gasteiger partial charge is 0.330 e. The molecule has 0 heterocycles. The normalized spacial score (nSPS) is 12.0. The highest BCUT2D eigenvalue weighted by molar-refractivity contribution is 9.11. The molecule has 1 rings (SSSR count). The Morgan fingerprint density at radius 1 is 1.30 bits per heavy atom. The lowest BCUT2D eigenvalue weighted by atomic mass is 10.1. The lowest BCUT2D eigenvalue weighted by Crippen LogP contribution is -2.22. The second-order valence-electron chi connectivity index (χ2n) is 4.07. The third-order valence-corrected chi connectivity index (χ3v) is 4.16. The number of aliphatic hydroxyl groups is 1. The van der Waals surface area contributed by atoms with E-state index in [-0.39, 0.29) is 18.6 Å². The van der Waals surface area contributed by atoms with Gasteiger partial charge >= 0.3 is 5.97 Å². The van der Waals surface area contributed by atoms with Crippen molar-refractivity contribution in [2.45, 2.75) is 18.9 Å². The van der Waals surface area contributed by atoms with Crippen LogP contribution in [0.4, 0.5) is 0 Å². The van der Waals surface area contributed by atoms with Crippen LogP contribution in [0.2, 0.25) is 0 Å². The van der Waals surface area contributed by atoms with E-state index in [1.807, 2.05) is 12.1 Å². The van der Waals surface area contributed by atoms with Crippen molar-refractivity contribution in [1.29, 1.82) is 0 Å². The van der Waals surface area contributed by atoms with E-state index in [9.17, 15) is 9.90 Å². The van der Waals surface area contributed by atoms with E-state index >= 15 is 0 Å². The van der Waals surface area contributed by atoms with Crippen molar-refractivity contribution in [2.24, 2.45) is 0 Å². The van der Waals surface area contributed by atoms with Gasteiger partial charge in [-0.15, -0.1) is 0 Å². The van der Waals surface area contributed by atoms with Crippen LogP contribution in [-0.4, -0.2) is 28.9 Å². The Labute approximate surface area is 142 Å². The van der Waals surface area contributed by atoms with Crippen LogP contribution in [0.5, 0.6) is 5.75 Å². The largest absolute Gasteiger partial charge is 0.486 e. The van der Waals surface area contributed by atoms with Gasteiger partial charge in [0.05, 0.1) is 15.6 Å². The molecule has 0 spiro atoms. The van der Waals surface area contributed by atoms with Crippen molar-refractivity contribution in [3.05, 3.63) is 37.7 Å². The van der Waals surface area contributed by atoms with E-state index in [2.05, 4.69) is 54.4 Å². The summed E-state index contributed by atoms with van der Waals surface area (Å²) in [6.07, 6.45) is 0.128. The Morgan fingerprint density at radius 3 is 2.30 bits per heavy atom. The number of aliphatic carboxylic acids is 1. The van der Waals surface area contributed by atoms with Crippen LogP contribution in [0, 0.1) is 0 Å². The van der Waals surface area contributed by atoms with Crippen LogP contribution in [0.3, 0.4) is 0 Å². The molecule has 20 heavy (non-hydrogen) atoms. The summed E-state index contributed by atoms with van der Waals surface area (Å²) in [7, 11) is 0. The maximum Gasteiger partial charge on any atom is 0.330 e. The molecule has 1 aromatic rings. The molecule has 0 saturated carbocycles. The van der Waals surface area contributed by atoms with Crippen LogP contribution < -0.4 is 4.74 Å². The highest BCUT2D eigenvalue weighted by Crippen LogP contribution is 2.37. The van der Waals surface area contributed by atoms with E-state index in [1.165, 1.54) is 0 Å². The fourth-order valence-corrected chi connectivity index (χ4v) is 3.88. The quantitative estimate of drug-likeness (QED) is 0.585. The summed E-state index contributed by atoms with van der Waals surface area (Å²) in [5, 5.41) is 18.1. The molecule has 1 unspecified atom stereocenters. The molecule has 0 bridgehead atoms. The predicted molar refractivity (Wildman–Crippen MR) is 87.1 cm³/mol. The summed E-state index contributed by atoms with van der Waals surface area (Å²) in [6, 6.07) is 3.65. The first-order valence-corrected chi connectivity index (χ1v) is 8.06. The SMILES string of the molecule is C=C(CCC(CO)Oc1c(Br)cc(Br)cc1Br)C(=O)O. The Bertz CT molecular complexity index is 493. The maximum absolute atomic E-state index is 10.7. The third-order valence-electron chi connectivity index (χ3n) is 2.52. The van der Waals surface area contributed by atoms with E-state index in [1.54, 1.807) is 0 Å². The Morgan fingerprint density at radius 2 is 1.85 bits per heavy atom. The number of benzene rings is 1. The summed E-state index contributed by atoms with van der Waals surface area (Å²) < 4.78 is 8.05. The first-order chi connectivity index (χ1) is 9.35. The molecule has 0 saturated heterocycles. The van der Waals surface area contributed by atoms with Crippen molar-refractivity contribution in [3.8, 4) is 5.75 Å². The molecule has 1 atom stereocenters. The van der Waals surface area contributed by atoms with Gasteiger partial charge < -0.3 is 14.9 Å². The number of halogens is 3. The standard InChI is InChI=1S/C13H13Br3O4/c1-7(13(18)19)2-3-9(6-17)20-12-10(15)4-8(14)5-11(12)16/h4-5,9,17H,1-3,6H2,(H,18,19). The fourth-order valence-electron chi connectivity index (χ4n) is 1.44. The number of hydrogen-bond acceptors (Lipinski definition) is 3. The van der Waals surface area contributed by atoms with Crippen LogP contribution in [0.15, 0.2) is 37.7 Å². The van der Waals surface area contributed by atoms with Crippen molar-refractivity contribution < 1.29 is 19.7 Å². The molecule has 0 aliphatic heterocycles. The van der Waals surface area contributed by atoms with Gasteiger partial charge in [0.25, 0.3) is 0 Å². The maximum atomic E-state index is 10.7. The molecule has 7 heteroatoms. The van der Waals surface area contributed by atoms with Gasteiger partial charge in [-0.1, -0.05) is 22.5 Å². The van der Waals surface area contributed by atoms with Crippen molar-refractivity contribution in [3.63, 3.8) is 0 Å². The molecule has 0 radical (unpaired) electrons. The molecule has 0 fully saturated rings. The second-order valence-corrected chi connectivity index (χ2v) is 6.69. The van der Waals surface area contributed by atoms with Crippen LogP contribution in [0.1, 0.15) is 12.8 Å². The predicted octanol–water partition coefficient (Wildman–Crippen LogP) is 4.13. The van der Waals surface area contributed by atoms with Gasteiger partial charge in [-0.05, 0) is 56.8 Å². The summed E-state index contributed by atoms with van der Waals surface area (Å²) in [4.78, 5) is 10.7. The zero-order valence-electron chi connectivity index (χ0n) is 10.4. The van der Waals surface area contributed by atoms with E-state index in [0.717, 1.165) is 13.4 Å². The first-order valence-electron chi connectivity index (χ1n) is 5.68. The summed E-state index contributed by atoms with van der Waals surface area (Å²) >= 11 is 10.1. The first kappa shape index (κ1) is 17.7. The molecule has 0 aliphatic carbocycles. The van der Waals surface area contributed by atoms with Crippen molar-refractivity contribution in [2.75, 3.05) is 6.61 Å². The number of carboxylic acids is 1. The average molecular weight is 473 g/mol. The second kappa shape index (κ2) is 8.17. The average Bonchev–Trinajstić information content (AvgIpc) is 2.36. The monoisotopic (exact) mass is 470 g/mol. The minimum atomic E-state index is -1.03. The minimum Gasteiger partial charge on any atom is -0.486 e. The number of carboxylic acid groups (broad SMARTS) is 1. The molecule has 0 amide bonds. The number of aliphatic hydroxyl groups excluding tert-OH is 1. The Hall–Kier alpha value is -0.370. The van der Waals surface area contributed by atoms with Crippen molar-refractivity contribution >= 4 is 53.8 Å². The topological polar surface area (TPSA) is 66.8 Å². The molecular formula is C13H13Br3O4. The molecule has 4 nitrogen and oxygen atoms in total. The van der Waals surface area contributed by atoms with Gasteiger partial charge in [0.15, 0.2) is 0 Å². The lowest BCUT2D eigenvalue weighted by Gasteiger charge is -2.19. The number of ether oxygens (including phenoxy) is 1. The van der Waals surface area contributed by atoms with E-state index < -0.39 is 12.1 Å².